The van der Waals surface area contributed by atoms with Crippen LogP contribution in [0, 0.1) is 13.8 Å². The van der Waals surface area contributed by atoms with Gasteiger partial charge in [-0.05, 0) is 61.2 Å². The molecular weight excluding hydrogens is 372 g/mol. The maximum absolute atomic E-state index is 12.3. The normalized spacial score (nSPS) is 11.6. The molecule has 0 aliphatic carbocycles. The highest BCUT2D eigenvalue weighted by Gasteiger charge is 2.20. The van der Waals surface area contributed by atoms with Gasteiger partial charge in [-0.3, -0.25) is 4.79 Å². The molecule has 0 aromatic heterocycles. The molecule has 1 N–H and O–H groups in total. The molecule has 1 amide bonds. The molecule has 2 rings (SSSR count). The summed E-state index contributed by atoms with van der Waals surface area (Å²) >= 11 is 5.95. The van der Waals surface area contributed by atoms with E-state index in [1.54, 1.807) is 18.2 Å². The number of anilines is 1. The van der Waals surface area contributed by atoms with E-state index in [2.05, 4.69) is 5.32 Å². The molecule has 0 heterocycles. The molecule has 0 fully saturated rings. The number of sulfonamides is 1. The lowest BCUT2D eigenvalue weighted by molar-refractivity contribution is -0.116. The van der Waals surface area contributed by atoms with Crippen LogP contribution >= 0.6 is 11.6 Å². The van der Waals surface area contributed by atoms with Crippen molar-refractivity contribution in [2.75, 3.05) is 24.7 Å². The minimum absolute atomic E-state index is 0.208. The van der Waals surface area contributed by atoms with Crippen molar-refractivity contribution < 1.29 is 13.2 Å². The average Bonchev–Trinajstić information content (AvgIpc) is 2.54. The SMILES string of the molecule is Cc1ccc(NC(=O)CN(CCc2cccc(Cl)c2)S(C)(=O)=O)cc1C. The molecule has 0 aliphatic heterocycles. The molecule has 0 atom stereocenters. The van der Waals surface area contributed by atoms with Crippen LogP contribution in [0.3, 0.4) is 0 Å². The van der Waals surface area contributed by atoms with Crippen LogP contribution in [0.5, 0.6) is 0 Å². The number of hydrogen-bond donors (Lipinski definition) is 1. The predicted molar refractivity (Wildman–Crippen MR) is 106 cm³/mol. The van der Waals surface area contributed by atoms with Gasteiger partial charge in [-0.15, -0.1) is 0 Å². The number of halogens is 1. The summed E-state index contributed by atoms with van der Waals surface area (Å²) in [5, 5.41) is 3.35. The van der Waals surface area contributed by atoms with E-state index >= 15 is 0 Å². The molecule has 140 valence electrons. The molecule has 2 aromatic carbocycles. The summed E-state index contributed by atoms with van der Waals surface area (Å²) in [7, 11) is -3.51. The Morgan fingerprint density at radius 1 is 1.12 bits per heavy atom. The van der Waals surface area contributed by atoms with Gasteiger partial charge in [0, 0.05) is 17.3 Å². The lowest BCUT2D eigenvalue weighted by Gasteiger charge is -2.19. The zero-order valence-electron chi connectivity index (χ0n) is 15.1. The first-order valence-electron chi connectivity index (χ1n) is 8.22. The van der Waals surface area contributed by atoms with Crippen molar-refractivity contribution in [3.05, 3.63) is 64.2 Å². The Morgan fingerprint density at radius 3 is 2.46 bits per heavy atom. The summed E-state index contributed by atoms with van der Waals surface area (Å²) < 4.78 is 25.2. The quantitative estimate of drug-likeness (QED) is 0.782. The van der Waals surface area contributed by atoms with E-state index in [1.807, 2.05) is 38.1 Å². The summed E-state index contributed by atoms with van der Waals surface area (Å²) in [6.07, 6.45) is 1.58. The number of carbonyl (C=O) groups is 1. The monoisotopic (exact) mass is 394 g/mol. The van der Waals surface area contributed by atoms with Crippen LogP contribution in [0.4, 0.5) is 5.69 Å². The van der Waals surface area contributed by atoms with Crippen molar-refractivity contribution >= 4 is 33.2 Å². The van der Waals surface area contributed by atoms with Gasteiger partial charge >= 0.3 is 0 Å². The topological polar surface area (TPSA) is 66.5 Å². The number of rotatable bonds is 7. The van der Waals surface area contributed by atoms with E-state index in [-0.39, 0.29) is 19.0 Å². The summed E-state index contributed by atoms with van der Waals surface area (Å²) in [4.78, 5) is 12.3. The third-order valence-corrected chi connectivity index (χ3v) is 5.60. The van der Waals surface area contributed by atoms with E-state index < -0.39 is 10.0 Å². The minimum atomic E-state index is -3.51. The number of benzene rings is 2. The van der Waals surface area contributed by atoms with Crippen molar-refractivity contribution in [1.29, 1.82) is 0 Å². The molecular formula is C19H23ClN2O3S. The Hall–Kier alpha value is -1.89. The molecule has 0 saturated heterocycles. The molecule has 0 aliphatic rings. The Balaban J connectivity index is 2.02. The molecule has 0 saturated carbocycles. The fraction of sp³-hybridized carbons (Fsp3) is 0.316. The molecule has 7 heteroatoms. The number of aryl methyl sites for hydroxylation is 2. The fourth-order valence-corrected chi connectivity index (χ4v) is 3.48. The van der Waals surface area contributed by atoms with Gasteiger partial charge in [0.2, 0.25) is 15.9 Å². The third-order valence-electron chi connectivity index (χ3n) is 4.12. The van der Waals surface area contributed by atoms with E-state index in [0.717, 1.165) is 22.9 Å². The second-order valence-corrected chi connectivity index (χ2v) is 8.74. The highest BCUT2D eigenvalue weighted by atomic mass is 35.5. The fourth-order valence-electron chi connectivity index (χ4n) is 2.49. The largest absolute Gasteiger partial charge is 0.325 e. The van der Waals surface area contributed by atoms with Gasteiger partial charge in [-0.1, -0.05) is 29.8 Å². The minimum Gasteiger partial charge on any atom is -0.325 e. The van der Waals surface area contributed by atoms with Crippen LogP contribution in [-0.2, 0) is 21.2 Å². The number of nitrogens with one attached hydrogen (secondary N) is 1. The summed E-state index contributed by atoms with van der Waals surface area (Å²) in [5.41, 5.74) is 3.76. The first-order chi connectivity index (χ1) is 12.1. The van der Waals surface area contributed by atoms with E-state index in [9.17, 15) is 13.2 Å². The highest BCUT2D eigenvalue weighted by molar-refractivity contribution is 7.88. The van der Waals surface area contributed by atoms with Crippen LogP contribution in [-0.4, -0.2) is 38.0 Å². The third kappa shape index (κ3) is 6.12. The zero-order valence-corrected chi connectivity index (χ0v) is 16.7. The van der Waals surface area contributed by atoms with Gasteiger partial charge in [-0.2, -0.15) is 4.31 Å². The molecule has 0 spiro atoms. The molecule has 0 bridgehead atoms. The van der Waals surface area contributed by atoms with Gasteiger partial charge in [0.1, 0.15) is 0 Å². The van der Waals surface area contributed by atoms with Crippen molar-refractivity contribution in [1.82, 2.24) is 4.31 Å². The lowest BCUT2D eigenvalue weighted by Crippen LogP contribution is -2.38. The smallest absolute Gasteiger partial charge is 0.239 e. The van der Waals surface area contributed by atoms with Crippen molar-refractivity contribution in [2.45, 2.75) is 20.3 Å². The van der Waals surface area contributed by atoms with Gasteiger partial charge in [0.05, 0.1) is 12.8 Å². The van der Waals surface area contributed by atoms with E-state index in [4.69, 9.17) is 11.6 Å². The number of nitrogens with zero attached hydrogens (tertiary/aromatic N) is 1. The first kappa shape index (κ1) is 20.4. The summed E-state index contributed by atoms with van der Waals surface area (Å²) in [5.74, 6) is -0.371. The second kappa shape index (κ2) is 8.66. The number of carbonyl (C=O) groups excluding carboxylic acids is 1. The van der Waals surface area contributed by atoms with Crippen molar-refractivity contribution in [3.8, 4) is 0 Å². The molecule has 5 nitrogen and oxygen atoms in total. The van der Waals surface area contributed by atoms with Crippen LogP contribution in [0.2, 0.25) is 5.02 Å². The van der Waals surface area contributed by atoms with E-state index in [0.29, 0.717) is 17.1 Å². The second-order valence-electron chi connectivity index (χ2n) is 6.32. The lowest BCUT2D eigenvalue weighted by atomic mass is 10.1. The van der Waals surface area contributed by atoms with E-state index in [1.165, 1.54) is 4.31 Å². The maximum Gasteiger partial charge on any atom is 0.239 e. The van der Waals surface area contributed by atoms with Crippen LogP contribution in [0.15, 0.2) is 42.5 Å². The summed E-state index contributed by atoms with van der Waals surface area (Å²) in [6, 6.07) is 12.8. The molecule has 26 heavy (non-hydrogen) atoms. The van der Waals surface area contributed by atoms with Gasteiger partial charge in [-0.25, -0.2) is 8.42 Å². The predicted octanol–water partition coefficient (Wildman–Crippen LogP) is 3.40. The van der Waals surface area contributed by atoms with Crippen molar-refractivity contribution in [3.63, 3.8) is 0 Å². The highest BCUT2D eigenvalue weighted by Crippen LogP contribution is 2.15. The van der Waals surface area contributed by atoms with Crippen LogP contribution in [0.1, 0.15) is 16.7 Å². The Kier molecular flexibility index (Phi) is 6.81. The first-order valence-corrected chi connectivity index (χ1v) is 10.4. The molecule has 0 radical (unpaired) electrons. The maximum atomic E-state index is 12.3. The summed E-state index contributed by atoms with van der Waals surface area (Å²) in [6.45, 7) is 3.92. The molecule has 2 aromatic rings. The average molecular weight is 395 g/mol. The van der Waals surface area contributed by atoms with Gasteiger partial charge in [0.15, 0.2) is 0 Å². The van der Waals surface area contributed by atoms with Gasteiger partial charge in [0.25, 0.3) is 0 Å². The zero-order chi connectivity index (χ0) is 19.3. The molecule has 0 unspecified atom stereocenters. The Morgan fingerprint density at radius 2 is 1.85 bits per heavy atom. The standard InChI is InChI=1S/C19H23ClN2O3S/c1-14-7-8-18(11-15(14)2)21-19(23)13-22(26(3,24)25)10-9-16-5-4-6-17(20)12-16/h4-8,11-12H,9-10,13H2,1-3H3,(H,21,23). The van der Waals surface area contributed by atoms with Crippen LogP contribution in [0.25, 0.3) is 0 Å². The number of hydrogen-bond acceptors (Lipinski definition) is 3. The Bertz CT molecular complexity index is 897. The van der Waals surface area contributed by atoms with Crippen molar-refractivity contribution in [2.24, 2.45) is 0 Å². The van der Waals surface area contributed by atoms with Gasteiger partial charge < -0.3 is 5.32 Å². The Labute approximate surface area is 160 Å². The van der Waals surface area contributed by atoms with Crippen LogP contribution < -0.4 is 5.32 Å². The number of amides is 1.